The van der Waals surface area contributed by atoms with E-state index in [2.05, 4.69) is 10.1 Å². The van der Waals surface area contributed by atoms with Gasteiger partial charge in [-0.25, -0.2) is 10.0 Å². The Hall–Kier alpha value is -1.88. The number of rotatable bonds is 3. The zero-order valence-corrected chi connectivity index (χ0v) is 10.7. The van der Waals surface area contributed by atoms with Crippen LogP contribution in [0.3, 0.4) is 0 Å². The Morgan fingerprint density at radius 3 is 2.67 bits per heavy atom. The van der Waals surface area contributed by atoms with Crippen molar-refractivity contribution in [3.8, 4) is 0 Å². The highest BCUT2D eigenvalue weighted by molar-refractivity contribution is 6.28. The molecule has 0 atom stereocenters. The molecule has 1 aromatic rings. The van der Waals surface area contributed by atoms with Gasteiger partial charge < -0.3 is 5.73 Å². The number of benzene rings is 1. The largest absolute Gasteiger partial charge is 0.386 e. The van der Waals surface area contributed by atoms with Crippen LogP contribution in [-0.4, -0.2) is 23.3 Å². The van der Waals surface area contributed by atoms with Crippen LogP contribution < -0.4 is 10.7 Å². The molecular weight excluding hydrogens is 252 g/mol. The van der Waals surface area contributed by atoms with Crippen LogP contribution in [0.4, 0.5) is 11.4 Å². The SMILES string of the molecule is CC1=NN(c2ccc(N=C(N)CCl)cc2)C(=O)C1. The number of halogens is 1. The van der Waals surface area contributed by atoms with Crippen LogP contribution in [0.25, 0.3) is 0 Å². The molecule has 2 N–H and O–H groups in total. The van der Waals surface area contributed by atoms with E-state index in [0.717, 1.165) is 11.4 Å². The average molecular weight is 265 g/mol. The summed E-state index contributed by atoms with van der Waals surface area (Å²) in [5.74, 6) is 0.523. The zero-order chi connectivity index (χ0) is 13.1. The molecule has 0 saturated heterocycles. The first kappa shape index (κ1) is 12.6. The first-order valence-electron chi connectivity index (χ1n) is 5.46. The lowest BCUT2D eigenvalue weighted by atomic mass is 10.2. The Kier molecular flexibility index (Phi) is 3.62. The third kappa shape index (κ3) is 2.68. The van der Waals surface area contributed by atoms with E-state index in [0.29, 0.717) is 17.9 Å². The first-order valence-corrected chi connectivity index (χ1v) is 5.99. The van der Waals surface area contributed by atoms with Gasteiger partial charge in [0.25, 0.3) is 5.91 Å². The van der Waals surface area contributed by atoms with Gasteiger partial charge in [-0.05, 0) is 31.2 Å². The lowest BCUT2D eigenvalue weighted by Gasteiger charge is -2.11. The summed E-state index contributed by atoms with van der Waals surface area (Å²) in [7, 11) is 0. The molecule has 0 spiro atoms. The molecule has 0 aliphatic carbocycles. The lowest BCUT2D eigenvalue weighted by molar-refractivity contribution is -0.116. The minimum atomic E-state index is -0.0241. The van der Waals surface area contributed by atoms with Crippen molar-refractivity contribution in [1.29, 1.82) is 0 Å². The number of amidine groups is 1. The Morgan fingerprint density at radius 1 is 1.50 bits per heavy atom. The van der Waals surface area contributed by atoms with Crippen molar-refractivity contribution in [2.75, 3.05) is 10.9 Å². The second-order valence-corrected chi connectivity index (χ2v) is 4.24. The summed E-state index contributed by atoms with van der Waals surface area (Å²) in [5, 5.41) is 5.56. The topological polar surface area (TPSA) is 71.1 Å². The molecule has 2 rings (SSSR count). The molecule has 1 aromatic carbocycles. The van der Waals surface area contributed by atoms with E-state index in [9.17, 15) is 4.79 Å². The third-order valence-electron chi connectivity index (χ3n) is 2.42. The minimum Gasteiger partial charge on any atom is -0.386 e. The van der Waals surface area contributed by atoms with E-state index >= 15 is 0 Å². The molecule has 0 bridgehead atoms. The molecule has 0 saturated carbocycles. The van der Waals surface area contributed by atoms with Gasteiger partial charge in [-0.1, -0.05) is 0 Å². The van der Waals surface area contributed by atoms with E-state index in [-0.39, 0.29) is 11.8 Å². The van der Waals surface area contributed by atoms with Gasteiger partial charge in [-0.2, -0.15) is 5.10 Å². The predicted octanol–water partition coefficient (Wildman–Crippen LogP) is 2.03. The highest BCUT2D eigenvalue weighted by Gasteiger charge is 2.22. The minimum absolute atomic E-state index is 0.0241. The Morgan fingerprint density at radius 2 is 2.17 bits per heavy atom. The molecule has 18 heavy (non-hydrogen) atoms. The highest BCUT2D eigenvalue weighted by atomic mass is 35.5. The Balaban J connectivity index is 2.20. The van der Waals surface area contributed by atoms with Gasteiger partial charge in [0.15, 0.2) is 0 Å². The molecular formula is C12H13ClN4O. The van der Waals surface area contributed by atoms with Crippen LogP contribution in [0.15, 0.2) is 34.4 Å². The summed E-state index contributed by atoms with van der Waals surface area (Å²) in [6.07, 6.45) is 0.374. The standard InChI is InChI=1S/C12H13ClN4O/c1-8-6-12(18)17(16-8)10-4-2-9(3-5-10)15-11(14)7-13/h2-5H,6-7H2,1H3,(H2,14,15). The first-order chi connectivity index (χ1) is 8.60. The number of hydrazone groups is 1. The van der Waals surface area contributed by atoms with Crippen molar-refractivity contribution < 1.29 is 4.79 Å². The maximum atomic E-state index is 11.6. The van der Waals surface area contributed by atoms with E-state index in [1.54, 1.807) is 24.3 Å². The molecule has 6 heteroatoms. The summed E-state index contributed by atoms with van der Waals surface area (Å²) < 4.78 is 0. The summed E-state index contributed by atoms with van der Waals surface area (Å²) in [6, 6.07) is 7.09. The number of carbonyl (C=O) groups is 1. The molecule has 1 aliphatic heterocycles. The molecule has 1 amide bonds. The van der Waals surface area contributed by atoms with Gasteiger partial charge in [0, 0.05) is 5.71 Å². The number of hydrogen-bond donors (Lipinski definition) is 1. The second-order valence-electron chi connectivity index (χ2n) is 3.97. The van der Waals surface area contributed by atoms with Gasteiger partial charge in [-0.3, -0.25) is 4.79 Å². The number of amides is 1. The van der Waals surface area contributed by atoms with Gasteiger partial charge in [-0.15, -0.1) is 11.6 Å². The number of alkyl halides is 1. The van der Waals surface area contributed by atoms with Gasteiger partial charge in [0.1, 0.15) is 5.84 Å². The molecule has 1 heterocycles. The fourth-order valence-electron chi connectivity index (χ4n) is 1.62. The maximum Gasteiger partial charge on any atom is 0.253 e. The Labute approximate surface area is 110 Å². The van der Waals surface area contributed by atoms with Crippen LogP contribution in [-0.2, 0) is 4.79 Å². The van der Waals surface area contributed by atoms with Crippen molar-refractivity contribution >= 4 is 40.4 Å². The van der Waals surface area contributed by atoms with Gasteiger partial charge >= 0.3 is 0 Å². The third-order valence-corrected chi connectivity index (χ3v) is 2.69. The second kappa shape index (κ2) is 5.18. The fraction of sp³-hybridized carbons (Fsp3) is 0.250. The maximum absolute atomic E-state index is 11.6. The molecule has 0 aromatic heterocycles. The molecule has 0 unspecified atom stereocenters. The normalized spacial score (nSPS) is 16.1. The average Bonchev–Trinajstić information content (AvgIpc) is 2.69. The Bertz CT molecular complexity index is 521. The quantitative estimate of drug-likeness (QED) is 0.515. The van der Waals surface area contributed by atoms with Crippen LogP contribution in [0.5, 0.6) is 0 Å². The van der Waals surface area contributed by atoms with Crippen molar-refractivity contribution in [3.05, 3.63) is 24.3 Å². The summed E-state index contributed by atoms with van der Waals surface area (Å²) in [4.78, 5) is 15.7. The summed E-state index contributed by atoms with van der Waals surface area (Å²) in [6.45, 7) is 1.83. The zero-order valence-electron chi connectivity index (χ0n) is 9.93. The smallest absolute Gasteiger partial charge is 0.253 e. The number of aliphatic imine (C=N–C) groups is 1. The molecule has 94 valence electrons. The molecule has 0 radical (unpaired) electrons. The fourth-order valence-corrected chi connectivity index (χ4v) is 1.68. The van der Waals surface area contributed by atoms with Crippen molar-refractivity contribution in [2.24, 2.45) is 15.8 Å². The van der Waals surface area contributed by atoms with Crippen LogP contribution in [0, 0.1) is 0 Å². The van der Waals surface area contributed by atoms with E-state index < -0.39 is 0 Å². The molecule has 1 aliphatic rings. The molecule has 5 nitrogen and oxygen atoms in total. The van der Waals surface area contributed by atoms with Gasteiger partial charge in [0.05, 0.1) is 23.7 Å². The highest BCUT2D eigenvalue weighted by Crippen LogP contribution is 2.23. The van der Waals surface area contributed by atoms with Crippen LogP contribution in [0.2, 0.25) is 0 Å². The van der Waals surface area contributed by atoms with Crippen molar-refractivity contribution in [1.82, 2.24) is 0 Å². The number of nitrogens with zero attached hydrogens (tertiary/aromatic N) is 3. The van der Waals surface area contributed by atoms with E-state index in [1.165, 1.54) is 5.01 Å². The van der Waals surface area contributed by atoms with Crippen molar-refractivity contribution in [2.45, 2.75) is 13.3 Å². The number of nitrogens with two attached hydrogens (primary N) is 1. The van der Waals surface area contributed by atoms with E-state index in [4.69, 9.17) is 17.3 Å². The number of carbonyl (C=O) groups excluding carboxylic acids is 1. The predicted molar refractivity (Wildman–Crippen MR) is 73.7 cm³/mol. The lowest BCUT2D eigenvalue weighted by Crippen LogP contribution is -2.19. The molecule has 0 fully saturated rings. The van der Waals surface area contributed by atoms with Crippen molar-refractivity contribution in [3.63, 3.8) is 0 Å². The van der Waals surface area contributed by atoms with Crippen LogP contribution >= 0.6 is 11.6 Å². The van der Waals surface area contributed by atoms with Crippen LogP contribution in [0.1, 0.15) is 13.3 Å². The number of anilines is 1. The number of hydrogen-bond acceptors (Lipinski definition) is 3. The summed E-state index contributed by atoms with van der Waals surface area (Å²) in [5.41, 5.74) is 7.77. The van der Waals surface area contributed by atoms with Gasteiger partial charge in [0.2, 0.25) is 0 Å². The monoisotopic (exact) mass is 264 g/mol. The summed E-state index contributed by atoms with van der Waals surface area (Å²) >= 11 is 5.55. The van der Waals surface area contributed by atoms with E-state index in [1.807, 2.05) is 6.92 Å².